The number of nitrogens with two attached hydrogens (primary N) is 1. The smallest absolute Gasteiger partial charge is 0.243 e. The van der Waals surface area contributed by atoms with E-state index in [2.05, 4.69) is 15.9 Å². The highest BCUT2D eigenvalue weighted by Gasteiger charge is 2.26. The third kappa shape index (κ3) is 2.46. The van der Waals surface area contributed by atoms with Gasteiger partial charge in [0.2, 0.25) is 10.0 Å². The maximum absolute atomic E-state index is 12.5. The fraction of sp³-hybridized carbons (Fsp3) is 0.333. The van der Waals surface area contributed by atoms with Crippen LogP contribution in [-0.2, 0) is 10.0 Å². The van der Waals surface area contributed by atoms with Crippen molar-refractivity contribution in [3.63, 3.8) is 0 Å². The summed E-state index contributed by atoms with van der Waals surface area (Å²) in [6, 6.07) is 3.32. The number of nitrogens with zero attached hydrogens (tertiary/aromatic N) is 1. The minimum Gasteiger partial charge on any atom is -0.398 e. The van der Waals surface area contributed by atoms with E-state index in [1.54, 1.807) is 19.1 Å². The van der Waals surface area contributed by atoms with Crippen LogP contribution in [0.1, 0.15) is 12.0 Å². The first kappa shape index (κ1) is 13.6. The van der Waals surface area contributed by atoms with Gasteiger partial charge >= 0.3 is 0 Å². The highest BCUT2D eigenvalue weighted by atomic mass is 79.9. The van der Waals surface area contributed by atoms with Gasteiger partial charge < -0.3 is 5.73 Å². The normalized spacial score (nSPS) is 17.0. The molecule has 18 heavy (non-hydrogen) atoms. The number of nitrogen functional groups attached to an aromatic ring is 1. The molecule has 0 aromatic heterocycles. The van der Waals surface area contributed by atoms with Crippen LogP contribution in [0.15, 0.2) is 33.7 Å². The van der Waals surface area contributed by atoms with E-state index < -0.39 is 10.0 Å². The molecule has 0 radical (unpaired) electrons. The molecule has 1 aliphatic rings. The van der Waals surface area contributed by atoms with Crippen LogP contribution in [0.25, 0.3) is 0 Å². The summed E-state index contributed by atoms with van der Waals surface area (Å²) < 4.78 is 27.2. The summed E-state index contributed by atoms with van der Waals surface area (Å²) in [6.07, 6.45) is 4.62. The van der Waals surface area contributed by atoms with Crippen LogP contribution in [0.4, 0.5) is 5.69 Å². The van der Waals surface area contributed by atoms with Gasteiger partial charge in [-0.25, -0.2) is 8.42 Å². The average Bonchev–Trinajstić information content (AvgIpc) is 2.34. The van der Waals surface area contributed by atoms with E-state index in [0.717, 1.165) is 6.42 Å². The molecule has 0 unspecified atom stereocenters. The Morgan fingerprint density at radius 1 is 1.33 bits per heavy atom. The number of hydrogen-bond donors (Lipinski definition) is 1. The van der Waals surface area contributed by atoms with Gasteiger partial charge in [-0.2, -0.15) is 4.31 Å². The average molecular weight is 331 g/mol. The maximum Gasteiger partial charge on any atom is 0.243 e. The second-order valence-corrected chi connectivity index (χ2v) is 7.06. The van der Waals surface area contributed by atoms with E-state index >= 15 is 0 Å². The van der Waals surface area contributed by atoms with Crippen LogP contribution in [-0.4, -0.2) is 25.8 Å². The summed E-state index contributed by atoms with van der Waals surface area (Å²) in [7, 11) is -3.47. The van der Waals surface area contributed by atoms with Crippen molar-refractivity contribution in [3.8, 4) is 0 Å². The predicted molar refractivity (Wildman–Crippen MR) is 75.8 cm³/mol. The summed E-state index contributed by atoms with van der Waals surface area (Å²) in [6.45, 7) is 2.67. The van der Waals surface area contributed by atoms with Crippen LogP contribution in [0.5, 0.6) is 0 Å². The highest BCUT2D eigenvalue weighted by Crippen LogP contribution is 2.29. The van der Waals surface area contributed by atoms with Crippen molar-refractivity contribution in [1.29, 1.82) is 0 Å². The van der Waals surface area contributed by atoms with Gasteiger partial charge in [0.15, 0.2) is 0 Å². The molecule has 1 aliphatic heterocycles. The largest absolute Gasteiger partial charge is 0.398 e. The van der Waals surface area contributed by atoms with E-state index in [1.807, 2.05) is 12.2 Å². The lowest BCUT2D eigenvalue weighted by atomic mass is 10.2. The molecular formula is C12H15BrN2O2S. The number of hydrogen-bond acceptors (Lipinski definition) is 3. The molecule has 1 heterocycles. The summed E-state index contributed by atoms with van der Waals surface area (Å²) in [5.74, 6) is 0. The van der Waals surface area contributed by atoms with Crippen molar-refractivity contribution in [1.82, 2.24) is 4.31 Å². The Balaban J connectivity index is 2.50. The Morgan fingerprint density at radius 3 is 2.67 bits per heavy atom. The Morgan fingerprint density at radius 2 is 2.06 bits per heavy atom. The summed E-state index contributed by atoms with van der Waals surface area (Å²) in [5.41, 5.74) is 6.91. The summed E-state index contributed by atoms with van der Waals surface area (Å²) in [5, 5.41) is 0. The summed E-state index contributed by atoms with van der Waals surface area (Å²) >= 11 is 3.29. The number of benzene rings is 1. The lowest BCUT2D eigenvalue weighted by Crippen LogP contribution is -2.34. The first-order chi connectivity index (χ1) is 8.43. The molecule has 0 fully saturated rings. The van der Waals surface area contributed by atoms with Crippen LogP contribution < -0.4 is 5.73 Å². The molecule has 1 aromatic rings. The molecule has 4 nitrogen and oxygen atoms in total. The molecular weight excluding hydrogens is 316 g/mol. The van der Waals surface area contributed by atoms with E-state index in [-0.39, 0.29) is 4.90 Å². The van der Waals surface area contributed by atoms with Crippen LogP contribution >= 0.6 is 15.9 Å². The monoisotopic (exact) mass is 330 g/mol. The van der Waals surface area contributed by atoms with E-state index in [4.69, 9.17) is 5.73 Å². The molecule has 0 aliphatic carbocycles. The molecule has 6 heteroatoms. The maximum atomic E-state index is 12.5. The Labute approximate surface area is 116 Å². The lowest BCUT2D eigenvalue weighted by molar-refractivity contribution is 0.437. The van der Waals surface area contributed by atoms with Crippen molar-refractivity contribution >= 4 is 31.6 Å². The van der Waals surface area contributed by atoms with Gasteiger partial charge in [0.1, 0.15) is 0 Å². The van der Waals surface area contributed by atoms with Crippen molar-refractivity contribution in [2.45, 2.75) is 18.2 Å². The first-order valence-corrected chi connectivity index (χ1v) is 7.87. The molecule has 0 amide bonds. The van der Waals surface area contributed by atoms with Crippen LogP contribution in [0.2, 0.25) is 0 Å². The number of halogens is 1. The lowest BCUT2D eigenvalue weighted by Gasteiger charge is -2.24. The molecule has 98 valence electrons. The van der Waals surface area contributed by atoms with Crippen LogP contribution in [0, 0.1) is 6.92 Å². The molecule has 0 saturated carbocycles. The molecule has 0 spiro atoms. The number of anilines is 1. The van der Waals surface area contributed by atoms with Crippen LogP contribution in [0.3, 0.4) is 0 Å². The van der Waals surface area contributed by atoms with Gasteiger partial charge in [-0.3, -0.25) is 0 Å². The van der Waals surface area contributed by atoms with Crippen molar-refractivity contribution in [2.75, 3.05) is 18.8 Å². The van der Waals surface area contributed by atoms with Crippen molar-refractivity contribution < 1.29 is 8.42 Å². The quantitative estimate of drug-likeness (QED) is 0.668. The highest BCUT2D eigenvalue weighted by molar-refractivity contribution is 9.10. The SMILES string of the molecule is Cc1c(N)cc(Br)cc1S(=O)(=O)N1CC=CCC1. The number of rotatable bonds is 2. The number of sulfonamides is 1. The Kier molecular flexibility index (Phi) is 3.79. The fourth-order valence-electron chi connectivity index (χ4n) is 1.92. The fourth-order valence-corrected chi connectivity index (χ4v) is 4.23. The summed E-state index contributed by atoms with van der Waals surface area (Å²) in [4.78, 5) is 0.282. The second kappa shape index (κ2) is 5.03. The van der Waals surface area contributed by atoms with Gasteiger partial charge in [-0.1, -0.05) is 28.1 Å². The zero-order chi connectivity index (χ0) is 13.3. The van der Waals surface area contributed by atoms with Crippen molar-refractivity contribution in [2.24, 2.45) is 0 Å². The standard InChI is InChI=1S/C12H15BrN2O2S/c1-9-11(14)7-10(13)8-12(9)18(16,17)15-5-3-2-4-6-15/h2-3,7-8H,4-6,14H2,1H3. The van der Waals surface area contributed by atoms with E-state index in [1.165, 1.54) is 4.31 Å². The molecule has 0 atom stereocenters. The molecule has 2 N–H and O–H groups in total. The molecule has 0 bridgehead atoms. The molecule has 1 aromatic carbocycles. The molecule has 2 rings (SSSR count). The minimum atomic E-state index is -3.47. The van der Waals surface area contributed by atoms with E-state index in [0.29, 0.717) is 28.8 Å². The van der Waals surface area contributed by atoms with Crippen molar-refractivity contribution in [3.05, 3.63) is 34.3 Å². The van der Waals surface area contributed by atoms with Gasteiger partial charge in [-0.15, -0.1) is 0 Å². The van der Waals surface area contributed by atoms with Gasteiger partial charge in [-0.05, 0) is 31.0 Å². The Bertz CT molecular complexity index is 596. The zero-order valence-corrected chi connectivity index (χ0v) is 12.5. The van der Waals surface area contributed by atoms with Gasteiger partial charge in [0.05, 0.1) is 4.90 Å². The molecule has 0 saturated heterocycles. The first-order valence-electron chi connectivity index (χ1n) is 5.63. The topological polar surface area (TPSA) is 63.4 Å². The second-order valence-electron chi connectivity index (χ2n) is 4.24. The van der Waals surface area contributed by atoms with Gasteiger partial charge in [0, 0.05) is 23.2 Å². The van der Waals surface area contributed by atoms with E-state index in [9.17, 15) is 8.42 Å². The Hall–Kier alpha value is -0.850. The minimum absolute atomic E-state index is 0.282. The third-order valence-corrected chi connectivity index (χ3v) is 5.45. The third-order valence-electron chi connectivity index (χ3n) is 3.00. The predicted octanol–water partition coefficient (Wildman–Crippen LogP) is 2.29. The zero-order valence-electron chi connectivity index (χ0n) is 10.1. The van der Waals surface area contributed by atoms with Gasteiger partial charge in [0.25, 0.3) is 0 Å².